The molecule has 154 valence electrons. The Morgan fingerprint density at radius 3 is 2.46 bits per heavy atom. The van der Waals surface area contributed by atoms with Gasteiger partial charge in [-0.15, -0.1) is 0 Å². The highest BCUT2D eigenvalue weighted by Gasteiger charge is 2.24. The van der Waals surface area contributed by atoms with Crippen LogP contribution in [-0.4, -0.2) is 36.5 Å². The number of hydrogen-bond donors (Lipinski definition) is 2. The monoisotopic (exact) mass is 385 g/mol. The summed E-state index contributed by atoms with van der Waals surface area (Å²) >= 11 is 0. The summed E-state index contributed by atoms with van der Waals surface area (Å²) in [5.41, 5.74) is 2.01. The number of nitrogens with zero attached hydrogens (tertiary/aromatic N) is 1. The number of aryl methyl sites for hydroxylation is 1. The van der Waals surface area contributed by atoms with E-state index in [-0.39, 0.29) is 11.9 Å². The van der Waals surface area contributed by atoms with Crippen LogP contribution in [0.15, 0.2) is 24.3 Å². The van der Waals surface area contributed by atoms with Crippen molar-refractivity contribution in [3.05, 3.63) is 29.8 Å². The number of amides is 3. The molecule has 1 atom stereocenters. The standard InChI is InChI=1S/C23H35N3O2/c1-18-9-12-21(13-10-18)25-23(28)26-15-5-8-20(17-26)11-14-22(27)24-16-19-6-3-2-4-7-19/h9-10,12-13,19-20H,2-8,11,14-17H2,1H3,(H,24,27)(H,25,28). The second-order valence-corrected chi connectivity index (χ2v) is 8.60. The average molecular weight is 386 g/mol. The van der Waals surface area contributed by atoms with Crippen LogP contribution in [0.1, 0.15) is 63.4 Å². The van der Waals surface area contributed by atoms with Crippen LogP contribution in [0, 0.1) is 18.8 Å². The predicted molar refractivity (Wildman–Crippen MR) is 113 cm³/mol. The third kappa shape index (κ3) is 6.54. The number of carbonyl (C=O) groups is 2. The number of hydrogen-bond acceptors (Lipinski definition) is 2. The maximum absolute atomic E-state index is 12.5. The van der Waals surface area contributed by atoms with E-state index in [0.717, 1.165) is 44.6 Å². The molecule has 1 aromatic carbocycles. The van der Waals surface area contributed by atoms with E-state index in [0.29, 0.717) is 18.3 Å². The number of rotatable bonds is 6. The molecule has 0 radical (unpaired) electrons. The molecule has 0 spiro atoms. The minimum Gasteiger partial charge on any atom is -0.356 e. The first-order valence-electron chi connectivity index (χ1n) is 11.0. The number of likely N-dealkylation sites (tertiary alicyclic amines) is 1. The van der Waals surface area contributed by atoms with Gasteiger partial charge in [0.25, 0.3) is 0 Å². The van der Waals surface area contributed by atoms with E-state index in [4.69, 9.17) is 0 Å². The maximum atomic E-state index is 12.5. The second-order valence-electron chi connectivity index (χ2n) is 8.60. The van der Waals surface area contributed by atoms with E-state index in [1.807, 2.05) is 36.1 Å². The van der Waals surface area contributed by atoms with E-state index in [1.54, 1.807) is 0 Å². The molecule has 5 heteroatoms. The van der Waals surface area contributed by atoms with Gasteiger partial charge in [-0.3, -0.25) is 4.79 Å². The SMILES string of the molecule is Cc1ccc(NC(=O)N2CCCC(CCC(=O)NCC3CCCCC3)C2)cc1. The van der Waals surface area contributed by atoms with Crippen LogP contribution in [0.25, 0.3) is 0 Å². The molecule has 2 aliphatic rings. The maximum Gasteiger partial charge on any atom is 0.321 e. The highest BCUT2D eigenvalue weighted by atomic mass is 16.2. The van der Waals surface area contributed by atoms with Gasteiger partial charge in [0.1, 0.15) is 0 Å². The highest BCUT2D eigenvalue weighted by molar-refractivity contribution is 5.89. The molecule has 1 unspecified atom stereocenters. The molecule has 0 aromatic heterocycles. The Bertz CT molecular complexity index is 638. The van der Waals surface area contributed by atoms with Crippen molar-refractivity contribution in [1.29, 1.82) is 0 Å². The summed E-state index contributed by atoms with van der Waals surface area (Å²) in [6.07, 6.45) is 10.0. The first kappa shape index (κ1) is 20.7. The zero-order valence-electron chi connectivity index (χ0n) is 17.2. The van der Waals surface area contributed by atoms with Crippen molar-refractivity contribution in [2.75, 3.05) is 25.0 Å². The largest absolute Gasteiger partial charge is 0.356 e. The Kier molecular flexibility index (Phi) is 7.75. The normalized spacial score (nSPS) is 20.6. The minimum atomic E-state index is -0.0321. The lowest BCUT2D eigenvalue weighted by Crippen LogP contribution is -2.42. The van der Waals surface area contributed by atoms with Gasteiger partial charge in [-0.2, -0.15) is 0 Å². The third-order valence-corrected chi connectivity index (χ3v) is 6.20. The topological polar surface area (TPSA) is 61.4 Å². The molecular weight excluding hydrogens is 350 g/mol. The predicted octanol–water partition coefficient (Wildman–Crippen LogP) is 4.72. The van der Waals surface area contributed by atoms with Crippen molar-refractivity contribution in [3.8, 4) is 0 Å². The van der Waals surface area contributed by atoms with Crippen LogP contribution < -0.4 is 10.6 Å². The van der Waals surface area contributed by atoms with Crippen LogP contribution in [0.2, 0.25) is 0 Å². The Balaban J connectivity index is 1.37. The van der Waals surface area contributed by atoms with Gasteiger partial charge in [-0.1, -0.05) is 37.0 Å². The molecule has 3 rings (SSSR count). The number of carbonyl (C=O) groups excluding carboxylic acids is 2. The number of anilines is 1. The van der Waals surface area contributed by atoms with Crippen LogP contribution in [0.5, 0.6) is 0 Å². The van der Waals surface area contributed by atoms with Gasteiger partial charge in [-0.25, -0.2) is 4.79 Å². The van der Waals surface area contributed by atoms with E-state index >= 15 is 0 Å². The van der Waals surface area contributed by atoms with Crippen molar-refractivity contribution in [2.45, 2.75) is 64.7 Å². The molecule has 3 amide bonds. The molecule has 5 nitrogen and oxygen atoms in total. The Hall–Kier alpha value is -2.04. The minimum absolute atomic E-state index is 0.0321. The van der Waals surface area contributed by atoms with Gasteiger partial charge in [0.2, 0.25) is 5.91 Å². The van der Waals surface area contributed by atoms with Crippen LogP contribution in [0.3, 0.4) is 0 Å². The molecule has 0 bridgehead atoms. The van der Waals surface area contributed by atoms with Gasteiger partial charge in [-0.05, 0) is 63.0 Å². The zero-order valence-corrected chi connectivity index (χ0v) is 17.2. The first-order valence-corrected chi connectivity index (χ1v) is 11.0. The molecule has 1 aromatic rings. The fourth-order valence-electron chi connectivity index (χ4n) is 4.40. The molecule has 28 heavy (non-hydrogen) atoms. The lowest BCUT2D eigenvalue weighted by Gasteiger charge is -2.32. The van der Waals surface area contributed by atoms with E-state index in [1.165, 1.54) is 37.7 Å². The summed E-state index contributed by atoms with van der Waals surface area (Å²) in [6, 6.07) is 7.84. The molecule has 2 N–H and O–H groups in total. The summed E-state index contributed by atoms with van der Waals surface area (Å²) in [6.45, 7) is 4.41. The summed E-state index contributed by atoms with van der Waals surface area (Å²) < 4.78 is 0. The van der Waals surface area contributed by atoms with Crippen molar-refractivity contribution in [2.24, 2.45) is 11.8 Å². The molecule has 1 aliphatic carbocycles. The summed E-state index contributed by atoms with van der Waals surface area (Å²) in [5, 5.41) is 6.12. The van der Waals surface area contributed by atoms with Crippen molar-refractivity contribution in [3.63, 3.8) is 0 Å². The lowest BCUT2D eigenvalue weighted by atomic mass is 9.89. The third-order valence-electron chi connectivity index (χ3n) is 6.20. The van der Waals surface area contributed by atoms with Crippen molar-refractivity contribution >= 4 is 17.6 Å². The number of piperidine rings is 1. The fraction of sp³-hybridized carbons (Fsp3) is 0.652. The van der Waals surface area contributed by atoms with E-state index in [2.05, 4.69) is 10.6 Å². The zero-order chi connectivity index (χ0) is 19.8. The molecule has 1 heterocycles. The molecule has 1 saturated carbocycles. The van der Waals surface area contributed by atoms with Crippen LogP contribution in [-0.2, 0) is 4.79 Å². The smallest absolute Gasteiger partial charge is 0.321 e. The summed E-state index contributed by atoms with van der Waals surface area (Å²) in [5.74, 6) is 1.26. The van der Waals surface area contributed by atoms with E-state index < -0.39 is 0 Å². The average Bonchev–Trinajstić information content (AvgIpc) is 2.73. The first-order chi connectivity index (χ1) is 13.6. The van der Waals surface area contributed by atoms with Crippen molar-refractivity contribution < 1.29 is 9.59 Å². The van der Waals surface area contributed by atoms with Crippen LogP contribution in [0.4, 0.5) is 10.5 Å². The quantitative estimate of drug-likeness (QED) is 0.744. The van der Waals surface area contributed by atoms with Crippen molar-refractivity contribution in [1.82, 2.24) is 10.2 Å². The molecule has 2 fully saturated rings. The van der Waals surface area contributed by atoms with Crippen LogP contribution >= 0.6 is 0 Å². The Morgan fingerprint density at radius 1 is 1.00 bits per heavy atom. The lowest BCUT2D eigenvalue weighted by molar-refractivity contribution is -0.121. The van der Waals surface area contributed by atoms with Gasteiger partial charge < -0.3 is 15.5 Å². The highest BCUT2D eigenvalue weighted by Crippen LogP contribution is 2.24. The molecule has 1 aliphatic heterocycles. The summed E-state index contributed by atoms with van der Waals surface area (Å²) in [4.78, 5) is 26.7. The van der Waals surface area contributed by atoms with Gasteiger partial charge in [0, 0.05) is 31.7 Å². The Morgan fingerprint density at radius 2 is 1.71 bits per heavy atom. The molecule has 1 saturated heterocycles. The fourth-order valence-corrected chi connectivity index (χ4v) is 4.40. The van der Waals surface area contributed by atoms with Gasteiger partial charge >= 0.3 is 6.03 Å². The Labute approximate surface area is 169 Å². The number of urea groups is 1. The molecular formula is C23H35N3O2. The van der Waals surface area contributed by atoms with E-state index in [9.17, 15) is 9.59 Å². The number of nitrogens with one attached hydrogen (secondary N) is 2. The van der Waals surface area contributed by atoms with Gasteiger partial charge in [0.15, 0.2) is 0 Å². The van der Waals surface area contributed by atoms with Gasteiger partial charge in [0.05, 0.1) is 0 Å². The second kappa shape index (κ2) is 10.5. The number of benzene rings is 1. The summed E-state index contributed by atoms with van der Waals surface area (Å²) in [7, 11) is 0.